The summed E-state index contributed by atoms with van der Waals surface area (Å²) in [6, 6.07) is 10.7. The van der Waals surface area contributed by atoms with Gasteiger partial charge >= 0.3 is 0 Å². The molecule has 2 rings (SSSR count). The molecule has 0 saturated carbocycles. The number of hydrogen-bond acceptors (Lipinski definition) is 4. The molecule has 124 valence electrons. The summed E-state index contributed by atoms with van der Waals surface area (Å²) < 4.78 is 29.4. The molecule has 0 aromatic heterocycles. The van der Waals surface area contributed by atoms with E-state index in [4.69, 9.17) is 4.74 Å². The highest BCUT2D eigenvalue weighted by Gasteiger charge is 2.24. The van der Waals surface area contributed by atoms with Crippen LogP contribution in [-0.2, 0) is 21.0 Å². The van der Waals surface area contributed by atoms with Crippen LogP contribution in [0.4, 0.5) is 0 Å². The van der Waals surface area contributed by atoms with Gasteiger partial charge in [-0.1, -0.05) is 30.3 Å². The first-order chi connectivity index (χ1) is 10.5. The van der Waals surface area contributed by atoms with Crippen LogP contribution in [0.1, 0.15) is 25.8 Å². The first-order valence-electron chi connectivity index (χ1n) is 8.06. The Morgan fingerprint density at radius 3 is 2.68 bits per heavy atom. The fraction of sp³-hybridized carbons (Fsp3) is 0.647. The molecule has 1 atom stereocenters. The maximum atomic E-state index is 11.9. The molecule has 1 aliphatic heterocycles. The van der Waals surface area contributed by atoms with Crippen molar-refractivity contribution < 1.29 is 13.2 Å². The van der Waals surface area contributed by atoms with Crippen LogP contribution < -0.4 is 0 Å². The van der Waals surface area contributed by atoms with Crippen LogP contribution in [0.5, 0.6) is 0 Å². The summed E-state index contributed by atoms with van der Waals surface area (Å²) in [7, 11) is -2.93. The van der Waals surface area contributed by atoms with Crippen molar-refractivity contribution >= 4 is 9.84 Å². The number of benzene rings is 1. The lowest BCUT2D eigenvalue weighted by atomic mass is 10.0. The second-order valence-electron chi connectivity index (χ2n) is 6.22. The summed E-state index contributed by atoms with van der Waals surface area (Å²) in [5.41, 5.74) is 1.30. The Morgan fingerprint density at radius 1 is 1.27 bits per heavy atom. The van der Waals surface area contributed by atoms with Crippen molar-refractivity contribution in [2.75, 3.05) is 32.1 Å². The Bertz CT molecular complexity index is 542. The normalized spacial score (nSPS) is 20.4. The largest absolute Gasteiger partial charge is 0.378 e. The highest BCUT2D eigenvalue weighted by Crippen LogP contribution is 2.14. The fourth-order valence-electron chi connectivity index (χ4n) is 2.76. The van der Waals surface area contributed by atoms with E-state index in [1.165, 1.54) is 5.56 Å². The van der Waals surface area contributed by atoms with Gasteiger partial charge in [0.2, 0.25) is 0 Å². The molecule has 0 unspecified atom stereocenters. The van der Waals surface area contributed by atoms with Gasteiger partial charge in [-0.25, -0.2) is 8.42 Å². The predicted octanol–water partition coefficient (Wildman–Crippen LogP) is 2.14. The van der Waals surface area contributed by atoms with E-state index in [0.29, 0.717) is 12.5 Å². The van der Waals surface area contributed by atoms with Crippen LogP contribution in [0.2, 0.25) is 0 Å². The Labute approximate surface area is 134 Å². The zero-order valence-electron chi connectivity index (χ0n) is 13.6. The highest BCUT2D eigenvalue weighted by molar-refractivity contribution is 7.91. The Balaban J connectivity index is 1.87. The second-order valence-corrected chi connectivity index (χ2v) is 8.90. The average Bonchev–Trinajstić information content (AvgIpc) is 2.50. The summed E-state index contributed by atoms with van der Waals surface area (Å²) >= 11 is 0. The molecular formula is C17H27NO3S. The van der Waals surface area contributed by atoms with Gasteiger partial charge in [0.25, 0.3) is 0 Å². The number of nitrogens with zero attached hydrogens (tertiary/aromatic N) is 1. The van der Waals surface area contributed by atoms with Gasteiger partial charge in [-0.15, -0.1) is 0 Å². The van der Waals surface area contributed by atoms with Gasteiger partial charge in [0, 0.05) is 12.6 Å². The van der Waals surface area contributed by atoms with Crippen molar-refractivity contribution in [3.05, 3.63) is 35.9 Å². The molecule has 0 spiro atoms. The second kappa shape index (κ2) is 8.09. The molecule has 0 bridgehead atoms. The molecule has 22 heavy (non-hydrogen) atoms. The molecule has 5 heteroatoms. The van der Waals surface area contributed by atoms with Crippen molar-refractivity contribution in [3.63, 3.8) is 0 Å². The zero-order valence-corrected chi connectivity index (χ0v) is 14.4. The fourth-order valence-corrected chi connectivity index (χ4v) is 3.77. The lowest BCUT2D eigenvalue weighted by Crippen LogP contribution is -2.47. The van der Waals surface area contributed by atoms with E-state index in [9.17, 15) is 8.42 Å². The highest BCUT2D eigenvalue weighted by atomic mass is 32.2. The van der Waals surface area contributed by atoms with Gasteiger partial charge in [-0.2, -0.15) is 0 Å². The molecule has 0 radical (unpaired) electrons. The van der Waals surface area contributed by atoms with Crippen LogP contribution in [0.15, 0.2) is 30.3 Å². The molecule has 1 aliphatic rings. The molecule has 0 amide bonds. The van der Waals surface area contributed by atoms with Gasteiger partial charge in [0.05, 0.1) is 24.2 Å². The smallest absolute Gasteiger partial charge is 0.152 e. The van der Waals surface area contributed by atoms with E-state index in [1.807, 2.05) is 6.07 Å². The van der Waals surface area contributed by atoms with Gasteiger partial charge in [0.15, 0.2) is 9.84 Å². The average molecular weight is 325 g/mol. The lowest BCUT2D eigenvalue weighted by molar-refractivity contribution is -0.00682. The summed E-state index contributed by atoms with van der Waals surface area (Å²) in [5, 5.41) is -0.280. The van der Waals surface area contributed by atoms with Crippen LogP contribution in [-0.4, -0.2) is 56.7 Å². The quantitative estimate of drug-likeness (QED) is 0.770. The van der Waals surface area contributed by atoms with E-state index in [0.717, 1.165) is 32.7 Å². The topological polar surface area (TPSA) is 46.6 Å². The van der Waals surface area contributed by atoms with Crippen molar-refractivity contribution in [2.45, 2.75) is 38.0 Å². The van der Waals surface area contributed by atoms with E-state index >= 15 is 0 Å². The van der Waals surface area contributed by atoms with Gasteiger partial charge in [0.1, 0.15) is 0 Å². The predicted molar refractivity (Wildman–Crippen MR) is 89.9 cm³/mol. The maximum Gasteiger partial charge on any atom is 0.152 e. The van der Waals surface area contributed by atoms with Gasteiger partial charge in [-0.05, 0) is 38.8 Å². The molecule has 1 fully saturated rings. The Morgan fingerprint density at radius 2 is 2.00 bits per heavy atom. The van der Waals surface area contributed by atoms with E-state index in [2.05, 4.69) is 29.2 Å². The lowest BCUT2D eigenvalue weighted by Gasteiger charge is -2.35. The van der Waals surface area contributed by atoms with Crippen molar-refractivity contribution in [1.82, 2.24) is 4.90 Å². The van der Waals surface area contributed by atoms with Crippen LogP contribution in [0.25, 0.3) is 0 Å². The molecule has 4 nitrogen and oxygen atoms in total. The molecule has 1 heterocycles. The van der Waals surface area contributed by atoms with Gasteiger partial charge < -0.3 is 4.74 Å². The van der Waals surface area contributed by atoms with E-state index < -0.39 is 9.84 Å². The number of morpholine rings is 1. The minimum Gasteiger partial charge on any atom is -0.378 e. The summed E-state index contributed by atoms with van der Waals surface area (Å²) in [6.45, 7) is 6.69. The van der Waals surface area contributed by atoms with E-state index in [-0.39, 0.29) is 11.0 Å². The minimum atomic E-state index is -2.93. The zero-order chi connectivity index (χ0) is 16.0. The monoisotopic (exact) mass is 325 g/mol. The number of sulfone groups is 1. The molecule has 0 aliphatic carbocycles. The van der Waals surface area contributed by atoms with Crippen LogP contribution >= 0.6 is 0 Å². The molecular weight excluding hydrogens is 298 g/mol. The standard InChI is InChI=1S/C17H27NO3S/c1-15(2)22(19,20)12-6-9-18-10-11-21-14-17(18)13-16-7-4-3-5-8-16/h3-5,7-8,15,17H,6,9-14H2,1-2H3/t17-/m0/s1. The summed E-state index contributed by atoms with van der Waals surface area (Å²) in [6.07, 6.45) is 1.66. The van der Waals surface area contributed by atoms with E-state index in [1.54, 1.807) is 13.8 Å². The van der Waals surface area contributed by atoms with Crippen molar-refractivity contribution in [2.24, 2.45) is 0 Å². The Kier molecular flexibility index (Phi) is 6.41. The molecule has 0 N–H and O–H groups in total. The maximum absolute atomic E-state index is 11.9. The molecule has 1 aromatic carbocycles. The minimum absolute atomic E-state index is 0.278. The SMILES string of the molecule is CC(C)S(=O)(=O)CCCN1CCOC[C@@H]1Cc1ccccc1. The summed E-state index contributed by atoms with van der Waals surface area (Å²) in [5.74, 6) is 0.278. The third-order valence-corrected chi connectivity index (χ3v) is 6.55. The van der Waals surface area contributed by atoms with Gasteiger partial charge in [-0.3, -0.25) is 4.90 Å². The molecule has 1 aromatic rings. The third-order valence-electron chi connectivity index (χ3n) is 4.26. The first-order valence-corrected chi connectivity index (χ1v) is 9.78. The first kappa shape index (κ1) is 17.4. The summed E-state index contributed by atoms with van der Waals surface area (Å²) in [4.78, 5) is 2.38. The number of ether oxygens (including phenoxy) is 1. The Hall–Kier alpha value is -0.910. The van der Waals surface area contributed by atoms with Crippen LogP contribution in [0, 0.1) is 0 Å². The molecule has 1 saturated heterocycles. The van der Waals surface area contributed by atoms with Crippen LogP contribution in [0.3, 0.4) is 0 Å². The third kappa shape index (κ3) is 5.07. The van der Waals surface area contributed by atoms with Crippen molar-refractivity contribution in [1.29, 1.82) is 0 Å². The van der Waals surface area contributed by atoms with Crippen molar-refractivity contribution in [3.8, 4) is 0 Å². The number of hydrogen-bond donors (Lipinski definition) is 0. The number of rotatable bonds is 7.